The van der Waals surface area contributed by atoms with E-state index in [-0.39, 0.29) is 5.41 Å². The second-order valence-corrected chi connectivity index (χ2v) is 11.0. The van der Waals surface area contributed by atoms with Crippen LogP contribution in [0.3, 0.4) is 0 Å². The molecule has 0 saturated carbocycles. The van der Waals surface area contributed by atoms with Crippen LogP contribution >= 0.6 is 46.3 Å². The average molecular weight is 463 g/mol. The first-order valence-corrected chi connectivity index (χ1v) is 12.6. The van der Waals surface area contributed by atoms with Crippen LogP contribution in [-0.2, 0) is 11.8 Å². The predicted molar refractivity (Wildman–Crippen MR) is 132 cm³/mol. The van der Waals surface area contributed by atoms with Crippen LogP contribution in [-0.4, -0.2) is 12.0 Å². The number of hydrogen-bond donors (Lipinski definition) is 0. The molecule has 2 aromatic heterocycles. The molecule has 0 aliphatic carbocycles. The van der Waals surface area contributed by atoms with Crippen molar-refractivity contribution in [2.24, 2.45) is 0 Å². The van der Waals surface area contributed by atoms with Crippen LogP contribution in [0.1, 0.15) is 42.9 Å². The molecule has 0 saturated heterocycles. The fourth-order valence-corrected chi connectivity index (χ4v) is 6.18. The van der Waals surface area contributed by atoms with E-state index in [0.29, 0.717) is 5.92 Å². The first-order chi connectivity index (χ1) is 13.8. The molecule has 0 bridgehead atoms. The van der Waals surface area contributed by atoms with Crippen LogP contribution in [0.25, 0.3) is 21.1 Å². The number of fused-ring (bicyclic) bond motifs is 2. The number of halogens is 2. The van der Waals surface area contributed by atoms with Crippen LogP contribution in [0.5, 0.6) is 0 Å². The Kier molecular flexibility index (Phi) is 5.96. The van der Waals surface area contributed by atoms with Gasteiger partial charge in [-0.2, -0.15) is 11.8 Å². The van der Waals surface area contributed by atoms with Crippen LogP contribution < -0.4 is 0 Å². The van der Waals surface area contributed by atoms with Gasteiger partial charge in [-0.25, -0.2) is 0 Å². The fraction of sp³-hybridized carbons (Fsp3) is 0.333. The third kappa shape index (κ3) is 4.07. The van der Waals surface area contributed by atoms with Gasteiger partial charge in [-0.15, -0.1) is 11.3 Å². The Bertz CT molecular complexity index is 1170. The molecule has 2 heterocycles. The highest BCUT2D eigenvalue weighted by molar-refractivity contribution is 7.98. The first kappa shape index (κ1) is 21.1. The maximum atomic E-state index is 6.85. The predicted octanol–water partition coefficient (Wildman–Crippen LogP) is 8.94. The lowest BCUT2D eigenvalue weighted by Gasteiger charge is -2.24. The summed E-state index contributed by atoms with van der Waals surface area (Å²) in [5, 5.41) is 3.84. The Morgan fingerprint density at radius 3 is 2.66 bits per heavy atom. The van der Waals surface area contributed by atoms with Crippen molar-refractivity contribution in [3.8, 4) is 0 Å². The van der Waals surface area contributed by atoms with Gasteiger partial charge in [0.1, 0.15) is 11.3 Å². The molecule has 29 heavy (non-hydrogen) atoms. The molecule has 0 amide bonds. The van der Waals surface area contributed by atoms with E-state index in [0.717, 1.165) is 49.2 Å². The molecule has 0 fully saturated rings. The summed E-state index contributed by atoms with van der Waals surface area (Å²) < 4.78 is 7.23. The van der Waals surface area contributed by atoms with E-state index in [9.17, 15) is 0 Å². The average Bonchev–Trinajstić information content (AvgIpc) is 3.30. The van der Waals surface area contributed by atoms with E-state index in [4.69, 9.17) is 27.6 Å². The second-order valence-electron chi connectivity index (χ2n) is 8.29. The number of rotatable bonds is 6. The van der Waals surface area contributed by atoms with Crippen molar-refractivity contribution in [3.05, 3.63) is 68.7 Å². The van der Waals surface area contributed by atoms with E-state index in [1.807, 2.05) is 23.9 Å². The van der Waals surface area contributed by atoms with E-state index in [1.54, 1.807) is 11.3 Å². The fourth-order valence-electron chi connectivity index (χ4n) is 3.78. The summed E-state index contributed by atoms with van der Waals surface area (Å²) in [4.78, 5) is 1.32. The summed E-state index contributed by atoms with van der Waals surface area (Å²) in [5.74, 6) is 2.41. The smallest absolute Gasteiger partial charge is 0.135 e. The molecule has 1 nitrogen and oxygen atoms in total. The van der Waals surface area contributed by atoms with E-state index in [1.165, 1.54) is 10.3 Å². The molecule has 5 heteroatoms. The largest absolute Gasteiger partial charge is 0.461 e. The molecule has 0 aliphatic heterocycles. The number of hydrogen-bond acceptors (Lipinski definition) is 3. The molecule has 2 aromatic carbocycles. The van der Waals surface area contributed by atoms with Crippen LogP contribution in [0.15, 0.2) is 46.9 Å². The summed E-state index contributed by atoms with van der Waals surface area (Å²) in [6, 6.07) is 14.6. The van der Waals surface area contributed by atoms with Crippen molar-refractivity contribution in [2.75, 3.05) is 12.0 Å². The Morgan fingerprint density at radius 1 is 1.14 bits per heavy atom. The molecule has 0 N–H and O–H groups in total. The van der Waals surface area contributed by atoms with Crippen LogP contribution in [0, 0.1) is 0 Å². The number of benzene rings is 2. The van der Waals surface area contributed by atoms with Crippen LogP contribution in [0.2, 0.25) is 10.0 Å². The lowest BCUT2D eigenvalue weighted by Crippen LogP contribution is -2.19. The van der Waals surface area contributed by atoms with E-state index in [2.05, 4.69) is 57.4 Å². The summed E-state index contributed by atoms with van der Waals surface area (Å²) >= 11 is 16.9. The highest BCUT2D eigenvalue weighted by atomic mass is 35.5. The van der Waals surface area contributed by atoms with Crippen molar-refractivity contribution in [2.45, 2.75) is 38.5 Å². The maximum absolute atomic E-state index is 6.85. The highest BCUT2D eigenvalue weighted by Crippen LogP contribution is 2.41. The van der Waals surface area contributed by atoms with E-state index >= 15 is 0 Å². The molecule has 4 aromatic rings. The van der Waals surface area contributed by atoms with Gasteiger partial charge in [-0.3, -0.25) is 0 Å². The Morgan fingerprint density at radius 2 is 1.93 bits per heavy atom. The lowest BCUT2D eigenvalue weighted by atomic mass is 9.84. The molecule has 4 rings (SSSR count). The monoisotopic (exact) mass is 462 g/mol. The van der Waals surface area contributed by atoms with Gasteiger partial charge < -0.3 is 4.42 Å². The summed E-state index contributed by atoms with van der Waals surface area (Å²) in [6.07, 6.45) is 2.97. The number of thioether (sulfide) groups is 1. The zero-order valence-electron chi connectivity index (χ0n) is 17.0. The van der Waals surface area contributed by atoms with Crippen molar-refractivity contribution < 1.29 is 4.42 Å². The topological polar surface area (TPSA) is 13.1 Å². The van der Waals surface area contributed by atoms with Gasteiger partial charge in [0, 0.05) is 27.3 Å². The third-order valence-electron chi connectivity index (χ3n) is 5.43. The van der Waals surface area contributed by atoms with Gasteiger partial charge in [0.25, 0.3) is 0 Å². The van der Waals surface area contributed by atoms with Crippen molar-refractivity contribution in [1.29, 1.82) is 0 Å². The minimum atomic E-state index is -0.0525. The van der Waals surface area contributed by atoms with Gasteiger partial charge in [0.2, 0.25) is 0 Å². The Labute approximate surface area is 190 Å². The third-order valence-corrected chi connectivity index (χ3v) is 8.69. The Hall–Kier alpha value is -1.13. The first-order valence-electron chi connectivity index (χ1n) is 9.68. The molecule has 1 unspecified atom stereocenters. The standard InChI is InChI=1S/C24H24Cl2OS2/c1-14(13-28-4)20-11-17-19(27-20)9-8-16(22(17)26)12-24(2,3)21-10-15-6-5-7-18(25)23(15)29-21/h5-11,14H,12-13H2,1-4H3. The van der Waals surface area contributed by atoms with Gasteiger partial charge in [0.15, 0.2) is 0 Å². The zero-order chi connectivity index (χ0) is 20.8. The summed E-state index contributed by atoms with van der Waals surface area (Å²) in [6.45, 7) is 6.74. The van der Waals surface area contributed by atoms with Gasteiger partial charge >= 0.3 is 0 Å². The van der Waals surface area contributed by atoms with Crippen molar-refractivity contribution in [1.82, 2.24) is 0 Å². The SMILES string of the molecule is CSCC(C)c1cc2c(Cl)c(CC(C)(C)c3cc4cccc(Cl)c4s3)ccc2o1. The lowest BCUT2D eigenvalue weighted by molar-refractivity contribution is 0.523. The minimum Gasteiger partial charge on any atom is -0.461 e. The summed E-state index contributed by atoms with van der Waals surface area (Å²) in [5.41, 5.74) is 1.97. The zero-order valence-corrected chi connectivity index (χ0v) is 20.2. The summed E-state index contributed by atoms with van der Waals surface area (Å²) in [7, 11) is 0. The van der Waals surface area contributed by atoms with Gasteiger partial charge in [0.05, 0.1) is 14.7 Å². The molecular formula is C24H24Cl2OS2. The van der Waals surface area contributed by atoms with E-state index < -0.39 is 0 Å². The number of thiophene rings is 1. The normalized spacial score (nSPS) is 13.4. The maximum Gasteiger partial charge on any atom is 0.135 e. The van der Waals surface area contributed by atoms with Gasteiger partial charge in [-0.1, -0.05) is 62.2 Å². The molecule has 0 spiro atoms. The molecule has 0 radical (unpaired) electrons. The van der Waals surface area contributed by atoms with Crippen LogP contribution in [0.4, 0.5) is 0 Å². The number of furan rings is 1. The molecule has 0 aliphatic rings. The molecular weight excluding hydrogens is 439 g/mol. The van der Waals surface area contributed by atoms with Crippen molar-refractivity contribution in [3.63, 3.8) is 0 Å². The molecule has 152 valence electrons. The highest BCUT2D eigenvalue weighted by Gasteiger charge is 2.26. The van der Waals surface area contributed by atoms with Gasteiger partial charge in [-0.05, 0) is 47.9 Å². The van der Waals surface area contributed by atoms with Crippen molar-refractivity contribution >= 4 is 67.4 Å². The molecule has 1 atom stereocenters. The Balaban J connectivity index is 1.68. The quantitative estimate of drug-likeness (QED) is 0.283. The minimum absolute atomic E-state index is 0.0525. The second kappa shape index (κ2) is 8.19.